The Morgan fingerprint density at radius 2 is 2.32 bits per heavy atom. The molecule has 0 amide bonds. The highest BCUT2D eigenvalue weighted by molar-refractivity contribution is 7.99. The van der Waals surface area contributed by atoms with E-state index in [-0.39, 0.29) is 0 Å². The van der Waals surface area contributed by atoms with Crippen molar-refractivity contribution in [1.29, 1.82) is 0 Å². The van der Waals surface area contributed by atoms with Crippen LogP contribution in [0, 0.1) is 0 Å². The van der Waals surface area contributed by atoms with E-state index >= 15 is 0 Å². The molecule has 19 heavy (non-hydrogen) atoms. The molecule has 2 aliphatic rings. The average Bonchev–Trinajstić information content (AvgIpc) is 3.08. The molecule has 1 aromatic rings. The maximum atomic E-state index is 11.3. The van der Waals surface area contributed by atoms with E-state index in [9.17, 15) is 4.21 Å². The third-order valence-corrected chi connectivity index (χ3v) is 5.04. The number of benzene rings is 1. The second kappa shape index (κ2) is 8.24. The number of rotatable bonds is 2. The standard InChI is InChI=1S/C9H10ClNO2S.C3H7NS/c10-9-4-2-1-3-8(9)7-11-5-6-13-14(11)12;1-2-5-3-4-1/h1-4H,5-7H2;4H,1-3H2. The van der Waals surface area contributed by atoms with E-state index in [1.807, 2.05) is 36.0 Å². The van der Waals surface area contributed by atoms with Gasteiger partial charge in [0.05, 0.1) is 6.61 Å². The van der Waals surface area contributed by atoms with Gasteiger partial charge in [-0.15, -0.1) is 11.8 Å². The molecular weight excluding hydrogens is 304 g/mol. The van der Waals surface area contributed by atoms with Crippen LogP contribution in [-0.2, 0) is 22.0 Å². The zero-order valence-corrected chi connectivity index (χ0v) is 12.9. The summed E-state index contributed by atoms with van der Waals surface area (Å²) in [6.45, 7) is 3.01. The lowest BCUT2D eigenvalue weighted by Crippen LogP contribution is -2.20. The van der Waals surface area contributed by atoms with Crippen molar-refractivity contribution in [2.24, 2.45) is 0 Å². The fraction of sp³-hybridized carbons (Fsp3) is 0.500. The van der Waals surface area contributed by atoms with Gasteiger partial charge in [0, 0.05) is 36.3 Å². The molecule has 3 rings (SSSR count). The van der Waals surface area contributed by atoms with Crippen LogP contribution in [0.1, 0.15) is 5.56 Å². The average molecular weight is 321 g/mol. The highest BCUT2D eigenvalue weighted by Crippen LogP contribution is 2.19. The molecule has 2 saturated heterocycles. The van der Waals surface area contributed by atoms with Gasteiger partial charge >= 0.3 is 0 Å². The minimum atomic E-state index is -1.29. The smallest absolute Gasteiger partial charge is 0.237 e. The van der Waals surface area contributed by atoms with Crippen LogP contribution in [0.3, 0.4) is 0 Å². The third kappa shape index (κ3) is 5.06. The Kier molecular flexibility index (Phi) is 6.63. The summed E-state index contributed by atoms with van der Waals surface area (Å²) in [6, 6.07) is 7.55. The molecule has 106 valence electrons. The number of halogens is 1. The maximum absolute atomic E-state index is 11.3. The molecule has 4 nitrogen and oxygen atoms in total. The Bertz CT molecular complexity index is 422. The Labute approximate surface area is 125 Å². The first-order chi connectivity index (χ1) is 9.27. The van der Waals surface area contributed by atoms with E-state index in [1.165, 1.54) is 18.2 Å². The van der Waals surface area contributed by atoms with Gasteiger partial charge in [-0.25, -0.2) is 4.21 Å². The number of nitrogens with one attached hydrogen (secondary N) is 1. The summed E-state index contributed by atoms with van der Waals surface area (Å²) in [7, 11) is 0. The molecule has 1 unspecified atom stereocenters. The summed E-state index contributed by atoms with van der Waals surface area (Å²) in [5.41, 5.74) is 0.980. The molecule has 1 atom stereocenters. The predicted octanol–water partition coefficient (Wildman–Crippen LogP) is 2.03. The largest absolute Gasteiger partial charge is 0.307 e. The highest BCUT2D eigenvalue weighted by atomic mass is 35.5. The molecular formula is C12H17ClN2O2S2. The van der Waals surface area contributed by atoms with Crippen LogP contribution in [0.5, 0.6) is 0 Å². The van der Waals surface area contributed by atoms with E-state index in [0.29, 0.717) is 24.7 Å². The summed E-state index contributed by atoms with van der Waals surface area (Å²) in [6.07, 6.45) is 0. The fourth-order valence-electron chi connectivity index (χ4n) is 1.67. The summed E-state index contributed by atoms with van der Waals surface area (Å²) < 4.78 is 17.9. The van der Waals surface area contributed by atoms with E-state index in [0.717, 1.165) is 5.56 Å². The molecule has 7 heteroatoms. The first-order valence-electron chi connectivity index (χ1n) is 6.09. The molecule has 2 fully saturated rings. The first-order valence-corrected chi connectivity index (χ1v) is 8.66. The van der Waals surface area contributed by atoms with Crippen molar-refractivity contribution < 1.29 is 8.39 Å². The van der Waals surface area contributed by atoms with Gasteiger partial charge in [-0.05, 0) is 11.6 Å². The van der Waals surface area contributed by atoms with Crippen LogP contribution in [-0.4, -0.2) is 39.8 Å². The molecule has 1 N–H and O–H groups in total. The summed E-state index contributed by atoms with van der Waals surface area (Å²) in [4.78, 5) is 0. The van der Waals surface area contributed by atoms with Crippen LogP contribution in [0.2, 0.25) is 5.02 Å². The summed E-state index contributed by atoms with van der Waals surface area (Å²) in [5, 5.41) is 3.89. The maximum Gasteiger partial charge on any atom is 0.237 e. The van der Waals surface area contributed by atoms with Crippen molar-refractivity contribution >= 4 is 34.6 Å². The number of nitrogens with zero attached hydrogens (tertiary/aromatic N) is 1. The molecule has 0 bridgehead atoms. The van der Waals surface area contributed by atoms with Crippen LogP contribution >= 0.6 is 23.4 Å². The quantitative estimate of drug-likeness (QED) is 0.905. The van der Waals surface area contributed by atoms with Crippen molar-refractivity contribution in [3.05, 3.63) is 34.9 Å². The summed E-state index contributed by atoms with van der Waals surface area (Å²) in [5.74, 6) is 2.47. The first kappa shape index (κ1) is 15.3. The second-order valence-electron chi connectivity index (χ2n) is 4.05. The van der Waals surface area contributed by atoms with Crippen molar-refractivity contribution in [3.63, 3.8) is 0 Å². The van der Waals surface area contributed by atoms with Crippen LogP contribution in [0.15, 0.2) is 24.3 Å². The van der Waals surface area contributed by atoms with Gasteiger partial charge in [-0.2, -0.15) is 4.31 Å². The lowest BCUT2D eigenvalue weighted by atomic mass is 10.2. The Morgan fingerprint density at radius 1 is 1.47 bits per heavy atom. The van der Waals surface area contributed by atoms with Crippen LogP contribution in [0.4, 0.5) is 0 Å². The molecule has 2 aliphatic heterocycles. The molecule has 0 radical (unpaired) electrons. The lowest BCUT2D eigenvalue weighted by molar-refractivity contribution is 0.386. The molecule has 1 aromatic carbocycles. The van der Waals surface area contributed by atoms with E-state index < -0.39 is 11.3 Å². The zero-order valence-electron chi connectivity index (χ0n) is 10.5. The molecule has 0 saturated carbocycles. The van der Waals surface area contributed by atoms with Crippen LogP contribution in [0.25, 0.3) is 0 Å². The van der Waals surface area contributed by atoms with Gasteiger partial charge in [0.2, 0.25) is 11.3 Å². The highest BCUT2D eigenvalue weighted by Gasteiger charge is 2.21. The van der Waals surface area contributed by atoms with Gasteiger partial charge in [0.15, 0.2) is 0 Å². The van der Waals surface area contributed by atoms with Crippen LogP contribution < -0.4 is 5.32 Å². The molecule has 0 spiro atoms. The number of hydrogen-bond donors (Lipinski definition) is 1. The van der Waals surface area contributed by atoms with E-state index in [4.69, 9.17) is 15.8 Å². The molecule has 0 aromatic heterocycles. The normalized spacial score (nSPS) is 23.1. The Morgan fingerprint density at radius 3 is 2.84 bits per heavy atom. The summed E-state index contributed by atoms with van der Waals surface area (Å²) >= 11 is 6.65. The van der Waals surface area contributed by atoms with Crippen molar-refractivity contribution in [3.8, 4) is 0 Å². The van der Waals surface area contributed by atoms with Gasteiger partial charge in [0.1, 0.15) is 0 Å². The Balaban J connectivity index is 0.000000224. The Hall–Kier alpha value is -0.110. The van der Waals surface area contributed by atoms with E-state index in [1.54, 1.807) is 4.31 Å². The molecule has 2 heterocycles. The second-order valence-corrected chi connectivity index (χ2v) is 6.75. The minimum absolute atomic E-state index is 0.525. The number of hydrogen-bond acceptors (Lipinski definition) is 4. The lowest BCUT2D eigenvalue weighted by Gasteiger charge is -2.11. The molecule has 0 aliphatic carbocycles. The van der Waals surface area contributed by atoms with Crippen molar-refractivity contribution in [1.82, 2.24) is 9.62 Å². The van der Waals surface area contributed by atoms with Gasteiger partial charge < -0.3 is 5.32 Å². The topological polar surface area (TPSA) is 41.6 Å². The number of thioether (sulfide) groups is 1. The minimum Gasteiger partial charge on any atom is -0.307 e. The predicted molar refractivity (Wildman–Crippen MR) is 81.3 cm³/mol. The van der Waals surface area contributed by atoms with Crippen molar-refractivity contribution in [2.75, 3.05) is 31.3 Å². The zero-order chi connectivity index (χ0) is 13.5. The SMILES string of the molecule is C1CSCN1.O=S1OCCN1Cc1ccccc1Cl. The van der Waals surface area contributed by atoms with Gasteiger partial charge in [-0.3, -0.25) is 4.18 Å². The third-order valence-electron chi connectivity index (χ3n) is 2.67. The van der Waals surface area contributed by atoms with Gasteiger partial charge in [0.25, 0.3) is 0 Å². The fourth-order valence-corrected chi connectivity index (χ4v) is 3.42. The monoisotopic (exact) mass is 320 g/mol. The van der Waals surface area contributed by atoms with E-state index in [2.05, 4.69) is 5.32 Å². The van der Waals surface area contributed by atoms with Gasteiger partial charge in [-0.1, -0.05) is 29.8 Å². The van der Waals surface area contributed by atoms with Crippen molar-refractivity contribution in [2.45, 2.75) is 6.54 Å².